The van der Waals surface area contributed by atoms with E-state index in [1.54, 1.807) is 6.08 Å². The lowest BCUT2D eigenvalue weighted by molar-refractivity contribution is -0.150. The van der Waals surface area contributed by atoms with E-state index in [2.05, 4.69) is 24.3 Å². The van der Waals surface area contributed by atoms with E-state index in [1.807, 2.05) is 17.0 Å². The van der Waals surface area contributed by atoms with Crippen molar-refractivity contribution in [3.8, 4) is 0 Å². The third kappa shape index (κ3) is 3.09. The lowest BCUT2D eigenvalue weighted by Crippen LogP contribution is -2.47. The Kier molecular flexibility index (Phi) is 4.34. The monoisotopic (exact) mass is 341 g/mol. The predicted molar refractivity (Wildman–Crippen MR) is 91.9 cm³/mol. The Morgan fingerprint density at radius 1 is 1.04 bits per heavy atom. The highest BCUT2D eigenvalue weighted by Gasteiger charge is 2.54. The number of amides is 1. The number of hydrogen-bond acceptors (Lipinski definition) is 3. The molecule has 0 spiro atoms. The predicted octanol–water partition coefficient (Wildman–Crippen LogP) is 2.12. The third-order valence-corrected chi connectivity index (χ3v) is 5.76. The summed E-state index contributed by atoms with van der Waals surface area (Å²) in [5.41, 5.74) is 1.34. The molecule has 3 aliphatic heterocycles. The Balaban J connectivity index is 1.37. The van der Waals surface area contributed by atoms with Gasteiger partial charge in [-0.3, -0.25) is 9.59 Å². The number of rotatable bonds is 4. The van der Waals surface area contributed by atoms with E-state index in [9.17, 15) is 14.7 Å². The van der Waals surface area contributed by atoms with Crippen molar-refractivity contribution in [3.05, 3.63) is 48.0 Å². The second kappa shape index (κ2) is 6.64. The topological polar surface area (TPSA) is 66.8 Å². The van der Waals surface area contributed by atoms with E-state index in [-0.39, 0.29) is 12.0 Å². The molecule has 0 aromatic heterocycles. The van der Waals surface area contributed by atoms with Crippen LogP contribution in [-0.2, 0) is 20.7 Å². The number of benzene rings is 1. The number of carbonyl (C=O) groups excluding carboxylic acids is 1. The summed E-state index contributed by atoms with van der Waals surface area (Å²) in [7, 11) is 0. The molecule has 0 radical (unpaired) electrons. The van der Waals surface area contributed by atoms with Crippen LogP contribution < -0.4 is 0 Å². The maximum Gasteiger partial charge on any atom is 0.310 e. The lowest BCUT2D eigenvalue weighted by Gasteiger charge is -2.35. The van der Waals surface area contributed by atoms with Gasteiger partial charge in [-0.2, -0.15) is 0 Å². The molecule has 4 atom stereocenters. The van der Waals surface area contributed by atoms with Crippen LogP contribution >= 0.6 is 0 Å². The van der Waals surface area contributed by atoms with Crippen LogP contribution in [-0.4, -0.2) is 47.2 Å². The first kappa shape index (κ1) is 16.3. The number of fused-ring (bicyclic) bond motifs is 2. The van der Waals surface area contributed by atoms with Gasteiger partial charge >= 0.3 is 5.97 Å². The summed E-state index contributed by atoms with van der Waals surface area (Å²) in [5.74, 6) is -1.72. The minimum Gasteiger partial charge on any atom is -0.481 e. The zero-order chi connectivity index (χ0) is 17.4. The summed E-state index contributed by atoms with van der Waals surface area (Å²) in [6, 6.07) is 10.4. The van der Waals surface area contributed by atoms with Crippen molar-refractivity contribution in [2.75, 3.05) is 13.1 Å². The summed E-state index contributed by atoms with van der Waals surface area (Å²) >= 11 is 0. The molecule has 2 bridgehead atoms. The van der Waals surface area contributed by atoms with Crippen molar-refractivity contribution in [3.63, 3.8) is 0 Å². The van der Waals surface area contributed by atoms with Crippen LogP contribution in [0, 0.1) is 17.8 Å². The number of likely N-dealkylation sites (tertiary alicyclic amines) is 1. The maximum atomic E-state index is 12.9. The molecule has 2 fully saturated rings. The van der Waals surface area contributed by atoms with Crippen LogP contribution in [0.4, 0.5) is 0 Å². The summed E-state index contributed by atoms with van der Waals surface area (Å²) < 4.78 is 5.63. The van der Waals surface area contributed by atoms with Crippen LogP contribution in [0.3, 0.4) is 0 Å². The second-order valence-corrected chi connectivity index (χ2v) is 7.30. The normalized spacial score (nSPS) is 31.4. The van der Waals surface area contributed by atoms with Crippen LogP contribution in [0.15, 0.2) is 42.5 Å². The molecule has 0 unspecified atom stereocenters. The number of nitrogens with zero attached hydrogens (tertiary/aromatic N) is 1. The molecule has 5 nitrogen and oxygen atoms in total. The van der Waals surface area contributed by atoms with Gasteiger partial charge in [-0.25, -0.2) is 0 Å². The van der Waals surface area contributed by atoms with Crippen LogP contribution in [0.5, 0.6) is 0 Å². The Labute approximate surface area is 147 Å². The van der Waals surface area contributed by atoms with Gasteiger partial charge in [0.25, 0.3) is 0 Å². The molecule has 1 aromatic carbocycles. The minimum absolute atomic E-state index is 0.0533. The summed E-state index contributed by atoms with van der Waals surface area (Å²) in [6.07, 6.45) is 5.77. The number of hydrogen-bond donors (Lipinski definition) is 1. The van der Waals surface area contributed by atoms with Crippen molar-refractivity contribution < 1.29 is 19.4 Å². The van der Waals surface area contributed by atoms with E-state index in [4.69, 9.17) is 4.74 Å². The smallest absolute Gasteiger partial charge is 0.310 e. The van der Waals surface area contributed by atoms with Crippen molar-refractivity contribution in [1.29, 1.82) is 0 Å². The van der Waals surface area contributed by atoms with Gasteiger partial charge < -0.3 is 14.7 Å². The third-order valence-electron chi connectivity index (χ3n) is 5.76. The van der Waals surface area contributed by atoms with Crippen molar-refractivity contribution >= 4 is 11.9 Å². The quantitative estimate of drug-likeness (QED) is 0.852. The highest BCUT2D eigenvalue weighted by atomic mass is 16.5. The number of carbonyl (C=O) groups is 2. The van der Waals surface area contributed by atoms with Gasteiger partial charge in [0.1, 0.15) is 5.92 Å². The molecule has 3 aliphatic rings. The first-order chi connectivity index (χ1) is 12.1. The Hall–Kier alpha value is -2.14. The van der Waals surface area contributed by atoms with Crippen LogP contribution in [0.2, 0.25) is 0 Å². The molecule has 25 heavy (non-hydrogen) atoms. The number of carboxylic acid groups (broad SMARTS) is 1. The maximum absolute atomic E-state index is 12.9. The fraction of sp³-hybridized carbons (Fsp3) is 0.500. The molecular weight excluding hydrogens is 318 g/mol. The minimum atomic E-state index is -0.936. The Morgan fingerprint density at radius 2 is 1.68 bits per heavy atom. The molecule has 2 saturated heterocycles. The fourth-order valence-corrected chi connectivity index (χ4v) is 4.41. The molecule has 4 rings (SSSR count). The van der Waals surface area contributed by atoms with Crippen molar-refractivity contribution in [1.82, 2.24) is 4.90 Å². The molecule has 0 aliphatic carbocycles. The van der Waals surface area contributed by atoms with E-state index in [0.717, 1.165) is 19.3 Å². The van der Waals surface area contributed by atoms with E-state index >= 15 is 0 Å². The summed E-state index contributed by atoms with van der Waals surface area (Å²) in [6.45, 7) is 1.42. The van der Waals surface area contributed by atoms with E-state index in [1.165, 1.54) is 5.56 Å². The van der Waals surface area contributed by atoms with Crippen molar-refractivity contribution in [2.45, 2.75) is 31.5 Å². The molecule has 1 N–H and O–H groups in total. The first-order valence-corrected chi connectivity index (χ1v) is 9.03. The van der Waals surface area contributed by atoms with E-state index < -0.39 is 23.9 Å². The lowest BCUT2D eigenvalue weighted by atomic mass is 9.81. The molecule has 0 saturated carbocycles. The summed E-state index contributed by atoms with van der Waals surface area (Å²) in [4.78, 5) is 26.3. The highest BCUT2D eigenvalue weighted by molar-refractivity contribution is 5.87. The molecule has 5 heteroatoms. The summed E-state index contributed by atoms with van der Waals surface area (Å²) in [5, 5.41) is 9.47. The second-order valence-electron chi connectivity index (χ2n) is 7.30. The average molecular weight is 341 g/mol. The standard InChI is InChI=1S/C20H23NO4/c22-19(17-15-6-7-16(25-15)18(17)20(23)24)21-10-8-14(9-11-21)12-13-4-2-1-3-5-13/h1-7,14-18H,8-12H2,(H,23,24)/t15-,16+,17+,18-/m1/s1. The van der Waals surface area contributed by atoms with E-state index in [0.29, 0.717) is 19.0 Å². The van der Waals surface area contributed by atoms with Crippen LogP contribution in [0.1, 0.15) is 18.4 Å². The van der Waals surface area contributed by atoms with Gasteiger partial charge in [-0.05, 0) is 30.7 Å². The van der Waals surface area contributed by atoms with Gasteiger partial charge in [-0.1, -0.05) is 42.5 Å². The molecular formula is C20H23NO4. The largest absolute Gasteiger partial charge is 0.481 e. The number of carboxylic acids is 1. The Bertz CT molecular complexity index is 678. The van der Waals surface area contributed by atoms with Gasteiger partial charge in [0.15, 0.2) is 0 Å². The molecule has 3 heterocycles. The van der Waals surface area contributed by atoms with Gasteiger partial charge in [0.05, 0.1) is 18.1 Å². The van der Waals surface area contributed by atoms with Gasteiger partial charge in [0.2, 0.25) is 5.91 Å². The van der Waals surface area contributed by atoms with Gasteiger partial charge in [-0.15, -0.1) is 0 Å². The van der Waals surface area contributed by atoms with Gasteiger partial charge in [0, 0.05) is 13.1 Å². The zero-order valence-electron chi connectivity index (χ0n) is 14.1. The fourth-order valence-electron chi connectivity index (χ4n) is 4.41. The van der Waals surface area contributed by atoms with Crippen LogP contribution in [0.25, 0.3) is 0 Å². The number of piperidine rings is 1. The molecule has 1 aromatic rings. The SMILES string of the molecule is O=C(O)[C@H]1[C@@H](C(=O)N2CCC(Cc3ccccc3)CC2)[C@H]2C=C[C@@H]1O2. The Morgan fingerprint density at radius 3 is 2.32 bits per heavy atom. The molecule has 1 amide bonds. The van der Waals surface area contributed by atoms with Crippen molar-refractivity contribution in [2.24, 2.45) is 17.8 Å². The first-order valence-electron chi connectivity index (χ1n) is 9.03. The highest BCUT2D eigenvalue weighted by Crippen LogP contribution is 2.40. The number of ether oxygens (including phenoxy) is 1. The zero-order valence-corrected chi connectivity index (χ0v) is 14.1. The molecule has 132 valence electrons. The number of aliphatic carboxylic acids is 1. The average Bonchev–Trinajstić information content (AvgIpc) is 3.24.